The third-order valence-corrected chi connectivity index (χ3v) is 2.64. The van der Waals surface area contributed by atoms with E-state index in [1.165, 1.54) is 5.57 Å². The quantitative estimate of drug-likeness (QED) is 0.476. The van der Waals surface area contributed by atoms with Gasteiger partial charge in [-0.1, -0.05) is 11.6 Å². The molecule has 1 rings (SSSR count). The summed E-state index contributed by atoms with van der Waals surface area (Å²) < 4.78 is 0. The van der Waals surface area contributed by atoms with Crippen molar-refractivity contribution in [3.63, 3.8) is 0 Å². The van der Waals surface area contributed by atoms with Crippen LogP contribution < -0.4 is 0 Å². The number of allylic oxidation sites excluding steroid dienone is 3. The zero-order valence-corrected chi connectivity index (χ0v) is 8.44. The molecule has 13 heavy (non-hydrogen) atoms. The molecule has 0 saturated heterocycles. The van der Waals surface area contributed by atoms with Crippen LogP contribution in [0.3, 0.4) is 0 Å². The van der Waals surface area contributed by atoms with E-state index in [4.69, 9.17) is 0 Å². The molecule has 0 aromatic heterocycles. The van der Waals surface area contributed by atoms with Crippen molar-refractivity contribution in [1.29, 1.82) is 0 Å². The van der Waals surface area contributed by atoms with Gasteiger partial charge in [-0.2, -0.15) is 0 Å². The standard InChI is InChI=1S/C12H18O/c1-3-4-5-8-11-10(2)7-6-9-12(11)13/h3H,1,4-9H2,2H3. The molecular weight excluding hydrogens is 160 g/mol. The smallest absolute Gasteiger partial charge is 0.158 e. The number of ketones is 1. The number of hydrogen-bond donors (Lipinski definition) is 0. The van der Waals surface area contributed by atoms with Crippen LogP contribution in [0.5, 0.6) is 0 Å². The molecule has 1 aliphatic rings. The molecule has 0 amide bonds. The van der Waals surface area contributed by atoms with Gasteiger partial charge in [0.05, 0.1) is 0 Å². The van der Waals surface area contributed by atoms with Crippen LogP contribution in [0.4, 0.5) is 0 Å². The van der Waals surface area contributed by atoms with Gasteiger partial charge in [-0.15, -0.1) is 6.58 Å². The van der Waals surface area contributed by atoms with Gasteiger partial charge in [0.1, 0.15) is 0 Å². The molecule has 0 bridgehead atoms. The monoisotopic (exact) mass is 178 g/mol. The molecule has 1 aliphatic carbocycles. The summed E-state index contributed by atoms with van der Waals surface area (Å²) in [5.41, 5.74) is 2.42. The second-order valence-corrected chi connectivity index (χ2v) is 3.72. The number of hydrogen-bond acceptors (Lipinski definition) is 1. The van der Waals surface area contributed by atoms with Crippen molar-refractivity contribution in [2.24, 2.45) is 0 Å². The summed E-state index contributed by atoms with van der Waals surface area (Å²) in [4.78, 5) is 11.5. The summed E-state index contributed by atoms with van der Waals surface area (Å²) in [6.07, 6.45) is 7.90. The Morgan fingerprint density at radius 1 is 1.46 bits per heavy atom. The lowest BCUT2D eigenvalue weighted by Crippen LogP contribution is -2.10. The number of rotatable bonds is 4. The predicted octanol–water partition coefficient (Wildman–Crippen LogP) is 3.41. The van der Waals surface area contributed by atoms with Crippen molar-refractivity contribution in [3.8, 4) is 0 Å². The molecule has 0 unspecified atom stereocenters. The highest BCUT2D eigenvalue weighted by Crippen LogP contribution is 2.25. The minimum absolute atomic E-state index is 0.382. The lowest BCUT2D eigenvalue weighted by molar-refractivity contribution is -0.116. The van der Waals surface area contributed by atoms with E-state index in [0.29, 0.717) is 5.78 Å². The van der Waals surface area contributed by atoms with Crippen LogP contribution in [-0.4, -0.2) is 5.78 Å². The summed E-state index contributed by atoms with van der Waals surface area (Å²) >= 11 is 0. The fourth-order valence-corrected chi connectivity index (χ4v) is 1.83. The maximum atomic E-state index is 11.5. The summed E-state index contributed by atoms with van der Waals surface area (Å²) in [7, 11) is 0. The van der Waals surface area contributed by atoms with E-state index in [-0.39, 0.29) is 0 Å². The number of Topliss-reactive ketones (excluding diaryl/α,β-unsaturated/α-hetero) is 1. The lowest BCUT2D eigenvalue weighted by atomic mass is 9.88. The molecule has 0 saturated carbocycles. The van der Waals surface area contributed by atoms with E-state index < -0.39 is 0 Å². The third-order valence-electron chi connectivity index (χ3n) is 2.64. The lowest BCUT2D eigenvalue weighted by Gasteiger charge is -2.16. The summed E-state index contributed by atoms with van der Waals surface area (Å²) in [6, 6.07) is 0. The second-order valence-electron chi connectivity index (χ2n) is 3.72. The molecular formula is C12H18O. The van der Waals surface area contributed by atoms with Gasteiger partial charge in [0.2, 0.25) is 0 Å². The molecule has 0 atom stereocenters. The van der Waals surface area contributed by atoms with Gasteiger partial charge in [-0.3, -0.25) is 4.79 Å². The minimum atomic E-state index is 0.382. The number of unbranched alkanes of at least 4 members (excludes halogenated alkanes) is 1. The largest absolute Gasteiger partial charge is 0.295 e. The maximum absolute atomic E-state index is 11.5. The SMILES string of the molecule is C=CCCCC1=C(C)CCCC1=O. The topological polar surface area (TPSA) is 17.1 Å². The van der Waals surface area contributed by atoms with E-state index in [1.807, 2.05) is 6.08 Å². The number of carbonyl (C=O) groups excluding carboxylic acids is 1. The van der Waals surface area contributed by atoms with Crippen LogP contribution in [0.2, 0.25) is 0 Å². The Balaban J connectivity index is 2.53. The average molecular weight is 178 g/mol. The highest BCUT2D eigenvalue weighted by atomic mass is 16.1. The highest BCUT2D eigenvalue weighted by molar-refractivity contribution is 5.96. The van der Waals surface area contributed by atoms with Gasteiger partial charge in [0.15, 0.2) is 5.78 Å². The van der Waals surface area contributed by atoms with Gasteiger partial charge < -0.3 is 0 Å². The Bertz CT molecular complexity index is 236. The summed E-state index contributed by atoms with van der Waals surface area (Å²) in [5.74, 6) is 0.382. The normalized spacial score (nSPS) is 17.8. The minimum Gasteiger partial charge on any atom is -0.295 e. The van der Waals surface area contributed by atoms with Gasteiger partial charge >= 0.3 is 0 Å². The number of carbonyl (C=O) groups is 1. The zero-order chi connectivity index (χ0) is 9.68. The van der Waals surface area contributed by atoms with Crippen LogP contribution in [0.15, 0.2) is 23.8 Å². The molecule has 0 N–H and O–H groups in total. The Labute approximate surface area is 80.5 Å². The first-order valence-corrected chi connectivity index (χ1v) is 5.08. The Morgan fingerprint density at radius 2 is 2.23 bits per heavy atom. The van der Waals surface area contributed by atoms with E-state index in [2.05, 4.69) is 13.5 Å². The Hall–Kier alpha value is -0.850. The van der Waals surface area contributed by atoms with Crippen molar-refractivity contribution in [2.75, 3.05) is 0 Å². The van der Waals surface area contributed by atoms with E-state index in [0.717, 1.165) is 44.1 Å². The van der Waals surface area contributed by atoms with Gasteiger partial charge in [0, 0.05) is 6.42 Å². The molecule has 0 spiro atoms. The van der Waals surface area contributed by atoms with Crippen LogP contribution in [0, 0.1) is 0 Å². The van der Waals surface area contributed by atoms with Crippen LogP contribution in [0.25, 0.3) is 0 Å². The van der Waals surface area contributed by atoms with Gasteiger partial charge in [0.25, 0.3) is 0 Å². The van der Waals surface area contributed by atoms with Crippen molar-refractivity contribution >= 4 is 5.78 Å². The molecule has 0 aliphatic heterocycles. The first-order valence-electron chi connectivity index (χ1n) is 5.08. The molecule has 0 aromatic rings. The highest BCUT2D eigenvalue weighted by Gasteiger charge is 2.16. The van der Waals surface area contributed by atoms with Gasteiger partial charge in [-0.05, 0) is 44.6 Å². The first-order chi connectivity index (χ1) is 6.25. The van der Waals surface area contributed by atoms with Crippen molar-refractivity contribution in [2.45, 2.75) is 45.4 Å². The van der Waals surface area contributed by atoms with Crippen LogP contribution in [-0.2, 0) is 4.79 Å². The van der Waals surface area contributed by atoms with E-state index in [1.54, 1.807) is 0 Å². The van der Waals surface area contributed by atoms with Gasteiger partial charge in [-0.25, -0.2) is 0 Å². The van der Waals surface area contributed by atoms with E-state index in [9.17, 15) is 4.79 Å². The first kappa shape index (κ1) is 10.2. The van der Waals surface area contributed by atoms with E-state index >= 15 is 0 Å². The molecule has 0 heterocycles. The second kappa shape index (κ2) is 5.00. The fraction of sp³-hybridized carbons (Fsp3) is 0.583. The third kappa shape index (κ3) is 2.83. The van der Waals surface area contributed by atoms with Crippen LogP contribution >= 0.6 is 0 Å². The molecule has 1 nitrogen and oxygen atoms in total. The average Bonchev–Trinajstić information content (AvgIpc) is 2.10. The van der Waals surface area contributed by atoms with Crippen molar-refractivity contribution in [3.05, 3.63) is 23.8 Å². The molecule has 1 heteroatoms. The van der Waals surface area contributed by atoms with Crippen molar-refractivity contribution in [1.82, 2.24) is 0 Å². The Morgan fingerprint density at radius 3 is 2.85 bits per heavy atom. The van der Waals surface area contributed by atoms with Crippen molar-refractivity contribution < 1.29 is 4.79 Å². The zero-order valence-electron chi connectivity index (χ0n) is 8.44. The molecule has 0 aromatic carbocycles. The summed E-state index contributed by atoms with van der Waals surface area (Å²) in [6.45, 7) is 5.78. The summed E-state index contributed by atoms with van der Waals surface area (Å²) in [5, 5.41) is 0. The molecule has 0 fully saturated rings. The molecule has 0 radical (unpaired) electrons. The fourth-order valence-electron chi connectivity index (χ4n) is 1.83. The predicted molar refractivity (Wildman–Crippen MR) is 55.6 cm³/mol. The maximum Gasteiger partial charge on any atom is 0.158 e. The van der Waals surface area contributed by atoms with Crippen LogP contribution in [0.1, 0.15) is 45.4 Å². The molecule has 72 valence electrons. The Kier molecular flexibility index (Phi) is 3.94.